The number of benzene rings is 11. The maximum absolute atomic E-state index is 7.14. The third kappa shape index (κ3) is 6.52. The summed E-state index contributed by atoms with van der Waals surface area (Å²) >= 11 is 0. The molecular formula is C69H41N5O2. The van der Waals surface area contributed by atoms with Gasteiger partial charge in [-0.05, 0) is 101 Å². The van der Waals surface area contributed by atoms with Gasteiger partial charge in [-0.1, -0.05) is 170 Å². The third-order valence-electron chi connectivity index (χ3n) is 15.2. The Bertz CT molecular complexity index is 4970. The van der Waals surface area contributed by atoms with Crippen molar-refractivity contribution in [2.75, 3.05) is 0 Å². The lowest BCUT2D eigenvalue weighted by Crippen LogP contribution is -2.01. The molecule has 0 fully saturated rings. The SMILES string of the molecule is c1ccc(-c2ccc(-c3nc(-c4ccccc4)nc(-c4ccc(-n5c6ccc(-c7ccc8oc9ccccc9c8c7)cc6c6cc7c8ccccc8n(-c8ccccc8)c7cc65)c5oc6ccccc6c45)n3)cc2)cc1. The van der Waals surface area contributed by atoms with E-state index in [9.17, 15) is 0 Å². The molecule has 76 heavy (non-hydrogen) atoms. The molecule has 0 unspecified atom stereocenters. The normalized spacial score (nSPS) is 11.9. The van der Waals surface area contributed by atoms with Gasteiger partial charge in [0.1, 0.15) is 16.7 Å². The van der Waals surface area contributed by atoms with Crippen molar-refractivity contribution in [2.45, 2.75) is 0 Å². The molecule has 0 spiro atoms. The van der Waals surface area contributed by atoms with Gasteiger partial charge < -0.3 is 18.0 Å². The first-order valence-electron chi connectivity index (χ1n) is 25.6. The summed E-state index contributed by atoms with van der Waals surface area (Å²) in [5, 5.41) is 8.75. The van der Waals surface area contributed by atoms with E-state index in [1.165, 1.54) is 10.8 Å². The molecule has 0 amide bonds. The highest BCUT2D eigenvalue weighted by atomic mass is 16.3. The molecule has 5 aromatic heterocycles. The van der Waals surface area contributed by atoms with Crippen LogP contribution in [0.2, 0.25) is 0 Å². The molecule has 354 valence electrons. The Morgan fingerprint density at radius 1 is 0.276 bits per heavy atom. The molecule has 5 heterocycles. The van der Waals surface area contributed by atoms with E-state index in [1.54, 1.807) is 0 Å². The van der Waals surface area contributed by atoms with Crippen molar-refractivity contribution in [3.8, 4) is 67.8 Å². The van der Waals surface area contributed by atoms with Crippen molar-refractivity contribution >= 4 is 87.5 Å². The maximum atomic E-state index is 7.14. The zero-order chi connectivity index (χ0) is 49.8. The van der Waals surface area contributed by atoms with Crippen LogP contribution in [0.25, 0.3) is 155 Å². The summed E-state index contributed by atoms with van der Waals surface area (Å²) in [5.41, 5.74) is 16.8. The quantitative estimate of drug-likeness (QED) is 0.159. The smallest absolute Gasteiger partial charge is 0.164 e. The van der Waals surface area contributed by atoms with Gasteiger partial charge in [0, 0.05) is 65.5 Å². The second-order valence-electron chi connectivity index (χ2n) is 19.5. The van der Waals surface area contributed by atoms with Gasteiger partial charge >= 0.3 is 0 Å². The molecule has 0 aliphatic carbocycles. The van der Waals surface area contributed by atoms with Crippen molar-refractivity contribution in [3.63, 3.8) is 0 Å². The summed E-state index contributed by atoms with van der Waals surface area (Å²) in [6, 6.07) is 87.5. The minimum Gasteiger partial charge on any atom is -0.456 e. The van der Waals surface area contributed by atoms with E-state index in [0.29, 0.717) is 17.5 Å². The zero-order valence-electron chi connectivity index (χ0n) is 40.7. The maximum Gasteiger partial charge on any atom is 0.164 e. The molecule has 0 saturated heterocycles. The monoisotopic (exact) mass is 971 g/mol. The molecule has 0 N–H and O–H groups in total. The summed E-state index contributed by atoms with van der Waals surface area (Å²) in [6.45, 7) is 0. The minimum atomic E-state index is 0.558. The van der Waals surface area contributed by atoms with Crippen molar-refractivity contribution in [3.05, 3.63) is 249 Å². The first-order chi connectivity index (χ1) is 37.7. The van der Waals surface area contributed by atoms with Crippen LogP contribution in [0.4, 0.5) is 0 Å². The fourth-order valence-corrected chi connectivity index (χ4v) is 11.6. The Hall–Kier alpha value is -10.4. The minimum absolute atomic E-state index is 0.558. The highest BCUT2D eigenvalue weighted by Crippen LogP contribution is 2.45. The van der Waals surface area contributed by atoms with Crippen molar-refractivity contribution in [1.82, 2.24) is 24.1 Å². The molecule has 0 atom stereocenters. The second-order valence-corrected chi connectivity index (χ2v) is 19.5. The molecule has 0 saturated carbocycles. The fourth-order valence-electron chi connectivity index (χ4n) is 11.6. The van der Waals surface area contributed by atoms with Crippen LogP contribution in [-0.4, -0.2) is 24.1 Å². The summed E-state index contributed by atoms with van der Waals surface area (Å²) in [7, 11) is 0. The Morgan fingerprint density at radius 2 is 0.776 bits per heavy atom. The number of nitrogens with zero attached hydrogens (tertiary/aromatic N) is 5. The molecule has 11 aromatic carbocycles. The number of hydrogen-bond donors (Lipinski definition) is 0. The van der Waals surface area contributed by atoms with Crippen molar-refractivity contribution in [2.24, 2.45) is 0 Å². The van der Waals surface area contributed by atoms with Crippen molar-refractivity contribution < 1.29 is 8.83 Å². The largest absolute Gasteiger partial charge is 0.456 e. The number of fused-ring (bicyclic) bond motifs is 12. The van der Waals surface area contributed by atoms with Gasteiger partial charge in [0.15, 0.2) is 23.1 Å². The van der Waals surface area contributed by atoms with E-state index in [0.717, 1.165) is 127 Å². The molecule has 0 radical (unpaired) electrons. The van der Waals surface area contributed by atoms with Gasteiger partial charge in [-0.2, -0.15) is 0 Å². The van der Waals surface area contributed by atoms with Crippen LogP contribution >= 0.6 is 0 Å². The lowest BCUT2D eigenvalue weighted by atomic mass is 10.00. The molecule has 0 aliphatic rings. The van der Waals surface area contributed by atoms with Crippen LogP contribution in [0, 0.1) is 0 Å². The number of aromatic nitrogens is 5. The Balaban J connectivity index is 0.957. The van der Waals surface area contributed by atoms with E-state index in [-0.39, 0.29) is 0 Å². The van der Waals surface area contributed by atoms with Gasteiger partial charge in [-0.25, -0.2) is 15.0 Å². The summed E-state index contributed by atoms with van der Waals surface area (Å²) < 4.78 is 18.2. The number of rotatable bonds is 7. The summed E-state index contributed by atoms with van der Waals surface area (Å²) in [5.74, 6) is 1.74. The average Bonchev–Trinajstić information content (AvgIpc) is 4.31. The predicted molar refractivity (Wildman–Crippen MR) is 310 cm³/mol. The van der Waals surface area contributed by atoms with E-state index in [2.05, 4.69) is 197 Å². The van der Waals surface area contributed by atoms with Gasteiger partial charge in [-0.3, -0.25) is 0 Å². The van der Waals surface area contributed by atoms with E-state index >= 15 is 0 Å². The molecule has 0 aliphatic heterocycles. The topological polar surface area (TPSA) is 74.8 Å². The van der Waals surface area contributed by atoms with Crippen LogP contribution in [0.1, 0.15) is 0 Å². The van der Waals surface area contributed by atoms with Crippen LogP contribution in [-0.2, 0) is 0 Å². The summed E-state index contributed by atoms with van der Waals surface area (Å²) in [4.78, 5) is 15.7. The second kappa shape index (κ2) is 16.6. The van der Waals surface area contributed by atoms with Gasteiger partial charge in [0.2, 0.25) is 0 Å². The Morgan fingerprint density at radius 3 is 1.54 bits per heavy atom. The average molecular weight is 972 g/mol. The highest BCUT2D eigenvalue weighted by molar-refractivity contribution is 6.21. The third-order valence-corrected chi connectivity index (χ3v) is 15.2. The fraction of sp³-hybridized carbons (Fsp3) is 0. The molecule has 7 nitrogen and oxygen atoms in total. The lowest BCUT2D eigenvalue weighted by molar-refractivity contribution is 0.666. The first-order valence-corrected chi connectivity index (χ1v) is 25.6. The van der Waals surface area contributed by atoms with Gasteiger partial charge in [0.25, 0.3) is 0 Å². The Kier molecular flexibility index (Phi) is 9.20. The van der Waals surface area contributed by atoms with Crippen LogP contribution in [0.5, 0.6) is 0 Å². The van der Waals surface area contributed by atoms with Crippen LogP contribution in [0.15, 0.2) is 258 Å². The number of para-hydroxylation sites is 4. The molecule has 0 bridgehead atoms. The molecule has 16 rings (SSSR count). The Labute approximate surface area is 434 Å². The zero-order valence-corrected chi connectivity index (χ0v) is 40.7. The van der Waals surface area contributed by atoms with Crippen molar-refractivity contribution in [1.29, 1.82) is 0 Å². The van der Waals surface area contributed by atoms with Gasteiger partial charge in [-0.15, -0.1) is 0 Å². The van der Waals surface area contributed by atoms with E-state index < -0.39 is 0 Å². The number of furan rings is 2. The van der Waals surface area contributed by atoms with Crippen LogP contribution in [0.3, 0.4) is 0 Å². The molecule has 7 heteroatoms. The highest BCUT2D eigenvalue weighted by Gasteiger charge is 2.25. The standard InChI is InChI=1S/C69H41N5O2/c1-4-16-42(17-5-1)43-28-30-45(31-29-43)68-70-67(44-18-6-2-7-19-44)71-69(72-68)52-34-36-59(66-65(52)51-24-12-15-27-63(51)76-66)74-58-35-32-46(47-33-37-64-56(39-47)50-23-11-14-26-62(50)75-64)38-53(58)55-40-54-49-22-10-13-25-57(49)73(60(54)41-61(55)74)48-20-8-3-9-21-48/h1-41H. The molecule has 16 aromatic rings. The predicted octanol–water partition coefficient (Wildman–Crippen LogP) is 18.2. The lowest BCUT2D eigenvalue weighted by Gasteiger charge is -2.13. The van der Waals surface area contributed by atoms with Crippen LogP contribution < -0.4 is 0 Å². The summed E-state index contributed by atoms with van der Waals surface area (Å²) in [6.07, 6.45) is 0. The number of hydrogen-bond acceptors (Lipinski definition) is 5. The first kappa shape index (κ1) is 42.2. The molecular weight excluding hydrogens is 931 g/mol. The van der Waals surface area contributed by atoms with E-state index in [4.69, 9.17) is 23.8 Å². The van der Waals surface area contributed by atoms with E-state index in [1.807, 2.05) is 60.7 Å². The van der Waals surface area contributed by atoms with Gasteiger partial charge in [0.05, 0.1) is 27.8 Å².